The van der Waals surface area contributed by atoms with Crippen molar-refractivity contribution in [2.75, 3.05) is 38.7 Å². The van der Waals surface area contributed by atoms with E-state index in [0.717, 1.165) is 11.7 Å². The Bertz CT molecular complexity index is 431. The summed E-state index contributed by atoms with van der Waals surface area (Å²) >= 11 is 0. The van der Waals surface area contributed by atoms with Gasteiger partial charge in [-0.25, -0.2) is 0 Å². The minimum atomic E-state index is 0.665. The lowest BCUT2D eigenvalue weighted by atomic mass is 9.96. The van der Waals surface area contributed by atoms with Crippen LogP contribution in [0, 0.1) is 5.92 Å². The molecule has 2 bridgehead atoms. The first-order valence-electron chi connectivity index (χ1n) is 7.85. The van der Waals surface area contributed by atoms with Crippen LogP contribution in [0.15, 0.2) is 24.3 Å². The van der Waals surface area contributed by atoms with Crippen molar-refractivity contribution in [3.05, 3.63) is 24.3 Å². The molecule has 2 fully saturated rings. The van der Waals surface area contributed by atoms with Gasteiger partial charge in [0, 0.05) is 31.4 Å². The van der Waals surface area contributed by atoms with Crippen LogP contribution in [0.3, 0.4) is 0 Å². The van der Waals surface area contributed by atoms with Crippen LogP contribution in [0.1, 0.15) is 25.7 Å². The number of nitrogens with zero attached hydrogens (tertiary/aromatic N) is 2. The molecule has 0 aromatic heterocycles. The second-order valence-corrected chi connectivity index (χ2v) is 6.38. The fourth-order valence-corrected chi connectivity index (χ4v) is 3.79. The molecule has 0 radical (unpaired) electrons. The highest BCUT2D eigenvalue weighted by atomic mass is 16.5. The first-order chi connectivity index (χ1) is 9.76. The summed E-state index contributed by atoms with van der Waals surface area (Å²) in [6.45, 7) is 3.66. The Morgan fingerprint density at radius 3 is 2.50 bits per heavy atom. The number of hydrogen-bond acceptors (Lipinski definition) is 3. The van der Waals surface area contributed by atoms with E-state index in [1.807, 2.05) is 0 Å². The summed E-state index contributed by atoms with van der Waals surface area (Å²) in [4.78, 5) is 5.18. The zero-order chi connectivity index (χ0) is 13.9. The van der Waals surface area contributed by atoms with E-state index >= 15 is 0 Å². The Morgan fingerprint density at radius 1 is 1.00 bits per heavy atom. The number of rotatable bonds is 2. The van der Waals surface area contributed by atoms with Crippen LogP contribution >= 0.6 is 0 Å². The van der Waals surface area contributed by atoms with Gasteiger partial charge in [0.1, 0.15) is 5.75 Å². The minimum Gasteiger partial charge on any atom is -0.497 e. The topological polar surface area (TPSA) is 15.7 Å². The summed E-state index contributed by atoms with van der Waals surface area (Å²) in [5.74, 6) is 1.76. The molecule has 0 aliphatic carbocycles. The van der Waals surface area contributed by atoms with Crippen molar-refractivity contribution in [2.24, 2.45) is 5.92 Å². The molecule has 0 spiro atoms. The molecule has 3 heteroatoms. The van der Waals surface area contributed by atoms with Gasteiger partial charge in [0.25, 0.3) is 0 Å². The average molecular weight is 274 g/mol. The van der Waals surface area contributed by atoms with E-state index in [1.54, 1.807) is 7.11 Å². The highest BCUT2D eigenvalue weighted by Crippen LogP contribution is 2.30. The maximum atomic E-state index is 5.28. The Kier molecular flexibility index (Phi) is 4.16. The zero-order valence-electron chi connectivity index (χ0n) is 12.7. The lowest BCUT2D eigenvalue weighted by Crippen LogP contribution is -2.41. The number of likely N-dealkylation sites (N-methyl/N-ethyl adjacent to an activating group) is 1. The van der Waals surface area contributed by atoms with Gasteiger partial charge in [-0.1, -0.05) is 12.8 Å². The smallest absolute Gasteiger partial charge is 0.119 e. The van der Waals surface area contributed by atoms with Crippen LogP contribution in [-0.4, -0.2) is 44.7 Å². The van der Waals surface area contributed by atoms with E-state index in [1.165, 1.54) is 51.0 Å². The van der Waals surface area contributed by atoms with Crippen LogP contribution in [0.4, 0.5) is 5.69 Å². The number of ether oxygens (including phenoxy) is 1. The van der Waals surface area contributed by atoms with E-state index in [4.69, 9.17) is 4.74 Å². The highest BCUT2D eigenvalue weighted by molar-refractivity contribution is 5.50. The van der Waals surface area contributed by atoms with E-state index < -0.39 is 0 Å². The van der Waals surface area contributed by atoms with Gasteiger partial charge in [0.05, 0.1) is 7.11 Å². The maximum absolute atomic E-state index is 5.28. The number of hydrogen-bond donors (Lipinski definition) is 0. The maximum Gasteiger partial charge on any atom is 0.119 e. The van der Waals surface area contributed by atoms with E-state index in [0.29, 0.717) is 6.04 Å². The molecule has 0 N–H and O–H groups in total. The Labute approximate surface area is 122 Å². The molecular weight excluding hydrogens is 248 g/mol. The minimum absolute atomic E-state index is 0.665. The third-order valence-corrected chi connectivity index (χ3v) is 4.79. The quantitative estimate of drug-likeness (QED) is 0.824. The summed E-state index contributed by atoms with van der Waals surface area (Å²) < 4.78 is 5.28. The standard InChI is InChI=1S/C17H26N2O/c1-18-11-14-5-3-4-6-16(13-18)19(12-14)15-7-9-17(20-2)10-8-15/h7-10,14,16H,3-6,11-13H2,1-2H3/t14?,16-/m0/s1. The normalized spacial score (nSPS) is 27.8. The average Bonchev–Trinajstić information content (AvgIpc) is 2.54. The molecule has 3 rings (SSSR count). The van der Waals surface area contributed by atoms with E-state index in [-0.39, 0.29) is 0 Å². The fourth-order valence-electron chi connectivity index (χ4n) is 3.79. The first kappa shape index (κ1) is 13.7. The molecule has 0 amide bonds. The van der Waals surface area contributed by atoms with Crippen molar-refractivity contribution in [1.82, 2.24) is 4.90 Å². The van der Waals surface area contributed by atoms with Crippen LogP contribution in [0.5, 0.6) is 5.75 Å². The van der Waals surface area contributed by atoms with E-state index in [2.05, 4.69) is 41.1 Å². The predicted octanol–water partition coefficient (Wildman–Crippen LogP) is 3.01. The van der Waals surface area contributed by atoms with Gasteiger partial charge in [-0.05, 0) is 50.1 Å². The molecule has 2 aliphatic rings. The van der Waals surface area contributed by atoms with Gasteiger partial charge >= 0.3 is 0 Å². The van der Waals surface area contributed by atoms with Crippen molar-refractivity contribution in [1.29, 1.82) is 0 Å². The third kappa shape index (κ3) is 2.93. The first-order valence-corrected chi connectivity index (χ1v) is 7.85. The summed E-state index contributed by atoms with van der Waals surface area (Å²) in [5.41, 5.74) is 1.36. The van der Waals surface area contributed by atoms with Crippen molar-refractivity contribution >= 4 is 5.69 Å². The van der Waals surface area contributed by atoms with Gasteiger partial charge in [-0.15, -0.1) is 0 Å². The largest absolute Gasteiger partial charge is 0.497 e. The number of fused-ring (bicyclic) bond motifs is 3. The van der Waals surface area contributed by atoms with Gasteiger partial charge in [0.2, 0.25) is 0 Å². The molecule has 110 valence electrons. The summed E-state index contributed by atoms with van der Waals surface area (Å²) in [7, 11) is 4.01. The lowest BCUT2D eigenvalue weighted by molar-refractivity contribution is 0.295. The van der Waals surface area contributed by atoms with Gasteiger partial charge in [-0.3, -0.25) is 0 Å². The summed E-state index contributed by atoms with van der Waals surface area (Å²) in [6.07, 6.45) is 5.49. The molecule has 1 aromatic rings. The monoisotopic (exact) mass is 274 g/mol. The van der Waals surface area contributed by atoms with E-state index in [9.17, 15) is 0 Å². The highest BCUT2D eigenvalue weighted by Gasteiger charge is 2.30. The van der Waals surface area contributed by atoms with Crippen LogP contribution in [0.2, 0.25) is 0 Å². The molecule has 0 saturated carbocycles. The SMILES string of the molecule is COc1ccc(N2CC3CCCC[C@H]2CN(C)C3)cc1. The molecule has 1 unspecified atom stereocenters. The predicted molar refractivity (Wildman–Crippen MR) is 83.6 cm³/mol. The fraction of sp³-hybridized carbons (Fsp3) is 0.647. The van der Waals surface area contributed by atoms with Crippen molar-refractivity contribution < 1.29 is 4.74 Å². The molecule has 2 heterocycles. The molecule has 20 heavy (non-hydrogen) atoms. The van der Waals surface area contributed by atoms with Gasteiger partial charge in [-0.2, -0.15) is 0 Å². The molecule has 2 aliphatic heterocycles. The van der Waals surface area contributed by atoms with Gasteiger partial charge < -0.3 is 14.5 Å². The summed E-state index contributed by atoms with van der Waals surface area (Å²) in [6, 6.07) is 9.27. The molecular formula is C17H26N2O. The molecule has 3 nitrogen and oxygen atoms in total. The lowest BCUT2D eigenvalue weighted by Gasteiger charge is -2.35. The van der Waals surface area contributed by atoms with Crippen LogP contribution < -0.4 is 9.64 Å². The zero-order valence-corrected chi connectivity index (χ0v) is 12.7. The van der Waals surface area contributed by atoms with Crippen molar-refractivity contribution in [3.63, 3.8) is 0 Å². The molecule has 2 saturated heterocycles. The van der Waals surface area contributed by atoms with Crippen LogP contribution in [0.25, 0.3) is 0 Å². The second kappa shape index (κ2) is 6.04. The second-order valence-electron chi connectivity index (χ2n) is 6.38. The molecule has 1 aromatic carbocycles. The third-order valence-electron chi connectivity index (χ3n) is 4.79. The Balaban J connectivity index is 1.85. The number of methoxy groups -OCH3 is 1. The molecule has 2 atom stereocenters. The van der Waals surface area contributed by atoms with Crippen molar-refractivity contribution in [2.45, 2.75) is 31.7 Å². The Morgan fingerprint density at radius 2 is 1.75 bits per heavy atom. The number of benzene rings is 1. The van der Waals surface area contributed by atoms with Crippen molar-refractivity contribution in [3.8, 4) is 5.75 Å². The van der Waals surface area contributed by atoms with Crippen LogP contribution in [-0.2, 0) is 0 Å². The number of anilines is 1. The van der Waals surface area contributed by atoms with Gasteiger partial charge in [0.15, 0.2) is 0 Å². The summed E-state index contributed by atoms with van der Waals surface area (Å²) in [5, 5.41) is 0. The Hall–Kier alpha value is -1.22.